The summed E-state index contributed by atoms with van der Waals surface area (Å²) in [5, 5.41) is 4.61. The number of rotatable bonds is 4. The normalized spacial score (nSPS) is 22.2. The Morgan fingerprint density at radius 2 is 2.04 bits per heavy atom. The van der Waals surface area contributed by atoms with Crippen LogP contribution in [0.4, 0.5) is 0 Å². The first-order valence-corrected chi connectivity index (χ1v) is 9.66. The maximum absolute atomic E-state index is 13.0. The highest BCUT2D eigenvalue weighted by atomic mass is 16.3. The van der Waals surface area contributed by atoms with Crippen LogP contribution in [0, 0.1) is 19.8 Å². The largest absolute Gasteiger partial charge is 0.468 e. The number of amides is 1. The number of aryl methyl sites for hydroxylation is 2. The van der Waals surface area contributed by atoms with Crippen LogP contribution in [0.25, 0.3) is 0 Å². The van der Waals surface area contributed by atoms with Gasteiger partial charge in [-0.2, -0.15) is 5.10 Å². The monoisotopic (exact) mass is 356 g/mol. The zero-order valence-electron chi connectivity index (χ0n) is 15.7. The summed E-state index contributed by atoms with van der Waals surface area (Å²) in [5.41, 5.74) is 2.24. The summed E-state index contributed by atoms with van der Waals surface area (Å²) in [6, 6.07) is 6.38. The Bertz CT molecular complexity index is 744. The molecular formula is C20H28N4O2. The molecular weight excluding hydrogens is 328 g/mol. The van der Waals surface area contributed by atoms with Crippen molar-refractivity contribution < 1.29 is 9.21 Å². The first-order valence-electron chi connectivity index (χ1n) is 9.66. The Hall–Kier alpha value is -2.08. The highest BCUT2D eigenvalue weighted by molar-refractivity contribution is 5.79. The van der Waals surface area contributed by atoms with Gasteiger partial charge in [-0.3, -0.25) is 14.4 Å². The second-order valence-electron chi connectivity index (χ2n) is 7.73. The van der Waals surface area contributed by atoms with Crippen LogP contribution in [0.3, 0.4) is 0 Å². The van der Waals surface area contributed by atoms with Crippen molar-refractivity contribution in [2.24, 2.45) is 5.92 Å². The zero-order valence-corrected chi connectivity index (χ0v) is 15.7. The lowest BCUT2D eigenvalue weighted by atomic mass is 9.95. The molecule has 2 fully saturated rings. The quantitative estimate of drug-likeness (QED) is 0.845. The fourth-order valence-corrected chi connectivity index (χ4v) is 4.38. The molecule has 0 radical (unpaired) electrons. The van der Waals surface area contributed by atoms with Gasteiger partial charge < -0.3 is 9.32 Å². The number of piperidine rings is 1. The van der Waals surface area contributed by atoms with Gasteiger partial charge in [0.05, 0.1) is 24.5 Å². The molecule has 4 heterocycles. The first-order chi connectivity index (χ1) is 12.6. The van der Waals surface area contributed by atoms with Crippen molar-refractivity contribution in [1.29, 1.82) is 0 Å². The van der Waals surface area contributed by atoms with Gasteiger partial charge >= 0.3 is 0 Å². The summed E-state index contributed by atoms with van der Waals surface area (Å²) >= 11 is 0. The van der Waals surface area contributed by atoms with Gasteiger partial charge in [0.2, 0.25) is 5.91 Å². The van der Waals surface area contributed by atoms with Gasteiger partial charge in [-0.25, -0.2) is 0 Å². The molecule has 2 aromatic rings. The van der Waals surface area contributed by atoms with Crippen LogP contribution in [0.5, 0.6) is 0 Å². The molecule has 6 nitrogen and oxygen atoms in total. The van der Waals surface area contributed by atoms with Crippen LogP contribution >= 0.6 is 0 Å². The van der Waals surface area contributed by atoms with Crippen molar-refractivity contribution in [2.45, 2.75) is 45.7 Å². The van der Waals surface area contributed by atoms with Crippen LogP contribution in [-0.2, 0) is 11.3 Å². The van der Waals surface area contributed by atoms with Crippen LogP contribution in [0.15, 0.2) is 28.9 Å². The van der Waals surface area contributed by atoms with Crippen LogP contribution in [-0.4, -0.2) is 51.7 Å². The Labute approximate surface area is 154 Å². The van der Waals surface area contributed by atoms with Gasteiger partial charge in [-0.15, -0.1) is 0 Å². The molecule has 0 bridgehead atoms. The predicted molar refractivity (Wildman–Crippen MR) is 98.6 cm³/mol. The fraction of sp³-hybridized carbons (Fsp3) is 0.600. The second kappa shape index (κ2) is 7.27. The highest BCUT2D eigenvalue weighted by Crippen LogP contribution is 2.27. The van der Waals surface area contributed by atoms with Gasteiger partial charge in [-0.1, -0.05) is 0 Å². The fourth-order valence-electron chi connectivity index (χ4n) is 4.38. The lowest BCUT2D eigenvalue weighted by molar-refractivity contribution is -0.136. The van der Waals surface area contributed by atoms with Gasteiger partial charge in [-0.05, 0) is 64.4 Å². The van der Waals surface area contributed by atoms with E-state index < -0.39 is 0 Å². The lowest BCUT2D eigenvalue weighted by Gasteiger charge is -2.32. The summed E-state index contributed by atoms with van der Waals surface area (Å²) in [4.78, 5) is 17.4. The van der Waals surface area contributed by atoms with Crippen molar-refractivity contribution in [1.82, 2.24) is 19.6 Å². The molecule has 0 saturated carbocycles. The lowest BCUT2D eigenvalue weighted by Crippen LogP contribution is -2.41. The molecule has 26 heavy (non-hydrogen) atoms. The average Bonchev–Trinajstić information content (AvgIpc) is 3.36. The van der Waals surface area contributed by atoms with E-state index in [2.05, 4.69) is 32.6 Å². The van der Waals surface area contributed by atoms with E-state index in [1.54, 1.807) is 6.26 Å². The topological polar surface area (TPSA) is 54.5 Å². The summed E-state index contributed by atoms with van der Waals surface area (Å²) in [6.07, 6.45) is 4.62. The Balaban J connectivity index is 1.29. The van der Waals surface area contributed by atoms with E-state index in [1.165, 1.54) is 5.69 Å². The van der Waals surface area contributed by atoms with Gasteiger partial charge in [0, 0.05) is 24.7 Å². The Morgan fingerprint density at radius 3 is 2.69 bits per heavy atom. The Kier molecular flexibility index (Phi) is 4.85. The van der Waals surface area contributed by atoms with Crippen LogP contribution in [0.2, 0.25) is 0 Å². The number of hydrogen-bond acceptors (Lipinski definition) is 4. The van der Waals surface area contributed by atoms with E-state index in [-0.39, 0.29) is 5.92 Å². The summed E-state index contributed by atoms with van der Waals surface area (Å²) in [6.45, 7) is 8.55. The number of carbonyl (C=O) groups is 1. The summed E-state index contributed by atoms with van der Waals surface area (Å²) in [5.74, 6) is 1.51. The molecule has 0 aliphatic carbocycles. The first kappa shape index (κ1) is 17.3. The molecule has 2 aliphatic heterocycles. The maximum atomic E-state index is 13.0. The molecule has 0 aromatic carbocycles. The van der Waals surface area contributed by atoms with Crippen LogP contribution < -0.4 is 0 Å². The van der Waals surface area contributed by atoms with Crippen molar-refractivity contribution in [3.8, 4) is 0 Å². The maximum Gasteiger partial charge on any atom is 0.225 e. The van der Waals surface area contributed by atoms with Crippen molar-refractivity contribution in [3.05, 3.63) is 41.6 Å². The minimum Gasteiger partial charge on any atom is -0.468 e. The average molecular weight is 356 g/mol. The van der Waals surface area contributed by atoms with E-state index >= 15 is 0 Å². The van der Waals surface area contributed by atoms with Gasteiger partial charge in [0.1, 0.15) is 5.76 Å². The smallest absolute Gasteiger partial charge is 0.225 e. The van der Waals surface area contributed by atoms with E-state index in [9.17, 15) is 4.79 Å². The van der Waals surface area contributed by atoms with Crippen molar-refractivity contribution >= 4 is 5.91 Å². The van der Waals surface area contributed by atoms with E-state index in [1.807, 2.05) is 19.1 Å². The third-order valence-corrected chi connectivity index (χ3v) is 5.76. The minimum absolute atomic E-state index is 0.169. The molecule has 1 unspecified atom stereocenters. The molecule has 1 amide bonds. The van der Waals surface area contributed by atoms with Crippen molar-refractivity contribution in [3.63, 3.8) is 0 Å². The number of carbonyl (C=O) groups excluding carboxylic acids is 1. The van der Waals surface area contributed by atoms with Gasteiger partial charge in [0.25, 0.3) is 0 Å². The van der Waals surface area contributed by atoms with E-state index in [0.29, 0.717) is 11.9 Å². The molecule has 140 valence electrons. The number of aromatic nitrogens is 2. The predicted octanol–water partition coefficient (Wildman–Crippen LogP) is 2.78. The third-order valence-electron chi connectivity index (χ3n) is 5.76. The molecule has 0 spiro atoms. The highest BCUT2D eigenvalue weighted by Gasteiger charge is 2.34. The minimum atomic E-state index is 0.169. The summed E-state index contributed by atoms with van der Waals surface area (Å²) < 4.78 is 7.54. The van der Waals surface area contributed by atoms with E-state index in [0.717, 1.165) is 63.4 Å². The molecule has 1 atom stereocenters. The Morgan fingerprint density at radius 1 is 1.23 bits per heavy atom. The molecule has 4 rings (SSSR count). The number of likely N-dealkylation sites (tertiary alicyclic amines) is 2. The molecule has 2 saturated heterocycles. The molecule has 0 N–H and O–H groups in total. The third kappa shape index (κ3) is 3.56. The standard InChI is InChI=1S/C20H28N4O2/c1-15-12-16(2)24(21-15)18-7-10-23(13-18)20(25)17-5-8-22(9-6-17)14-19-4-3-11-26-19/h3-4,11-12,17-18H,5-10,13-14H2,1-2H3. The molecule has 2 aliphatic rings. The number of furan rings is 1. The molecule has 2 aromatic heterocycles. The van der Waals surface area contributed by atoms with Crippen molar-refractivity contribution in [2.75, 3.05) is 26.2 Å². The zero-order chi connectivity index (χ0) is 18.1. The van der Waals surface area contributed by atoms with E-state index in [4.69, 9.17) is 4.42 Å². The number of hydrogen-bond donors (Lipinski definition) is 0. The second-order valence-corrected chi connectivity index (χ2v) is 7.73. The van der Waals surface area contributed by atoms with Gasteiger partial charge in [0.15, 0.2) is 0 Å². The SMILES string of the molecule is Cc1cc(C)n(C2CCN(C(=O)C3CCN(Cc4ccco4)CC3)C2)n1. The molecule has 6 heteroatoms. The van der Waals surface area contributed by atoms with Crippen LogP contribution in [0.1, 0.15) is 42.5 Å². The summed E-state index contributed by atoms with van der Waals surface area (Å²) in [7, 11) is 0. The number of nitrogens with zero attached hydrogens (tertiary/aromatic N) is 4.